The Kier molecular flexibility index (Phi) is 6.99. The van der Waals surface area contributed by atoms with Crippen LogP contribution in [0.25, 0.3) is 0 Å². The number of primary sulfonamides is 1. The summed E-state index contributed by atoms with van der Waals surface area (Å²) in [5, 5.41) is 5.20. The first kappa shape index (κ1) is 22.5. The molecule has 2 aliphatic heterocycles. The Balaban J connectivity index is 1.57. The second-order valence-electron chi connectivity index (χ2n) is 8.22. The van der Waals surface area contributed by atoms with Gasteiger partial charge in [0.05, 0.1) is 18.0 Å². The number of rotatable bonds is 5. The minimum atomic E-state index is -3.76. The summed E-state index contributed by atoms with van der Waals surface area (Å²) in [5.41, 5.74) is 1.55. The highest BCUT2D eigenvalue weighted by Gasteiger charge is 2.28. The minimum absolute atomic E-state index is 0.0343. The van der Waals surface area contributed by atoms with Gasteiger partial charge in [-0.05, 0) is 42.5 Å². The van der Waals surface area contributed by atoms with Gasteiger partial charge in [-0.2, -0.15) is 0 Å². The second kappa shape index (κ2) is 9.32. The van der Waals surface area contributed by atoms with E-state index < -0.39 is 10.0 Å². The van der Waals surface area contributed by atoms with Crippen molar-refractivity contribution in [2.24, 2.45) is 11.1 Å². The molecule has 3 rings (SSSR count). The van der Waals surface area contributed by atoms with Crippen molar-refractivity contribution in [1.82, 2.24) is 9.80 Å². The molecule has 0 aliphatic carbocycles. The normalized spacial score (nSPS) is 17.7. The summed E-state index contributed by atoms with van der Waals surface area (Å²) in [7, 11) is -3.76. The largest absolute Gasteiger partial charge is 0.449 e. The summed E-state index contributed by atoms with van der Waals surface area (Å²) < 4.78 is 28.4. The van der Waals surface area contributed by atoms with E-state index in [4.69, 9.17) is 9.88 Å². The van der Waals surface area contributed by atoms with Gasteiger partial charge in [-0.25, -0.2) is 18.4 Å². The fourth-order valence-corrected chi connectivity index (χ4v) is 4.30. The standard InChI is InChI=1S/C20H30N4O5S/c1-15(2)14-29-20(26)23-8-3-7-22(10-11-23)13-19(25)24-9-6-16-12-17(30(21,27)28)4-5-18(16)24/h4-5,12,15H,3,6-11,13-14H2,1-2H3,(H2,21,27,28). The molecule has 1 aromatic rings. The van der Waals surface area contributed by atoms with Crippen LogP contribution in [0.3, 0.4) is 0 Å². The van der Waals surface area contributed by atoms with E-state index >= 15 is 0 Å². The summed E-state index contributed by atoms with van der Waals surface area (Å²) in [6.45, 7) is 7.64. The van der Waals surface area contributed by atoms with Gasteiger partial charge in [0.25, 0.3) is 0 Å². The van der Waals surface area contributed by atoms with Gasteiger partial charge in [0.1, 0.15) is 0 Å². The molecule has 10 heteroatoms. The highest BCUT2D eigenvalue weighted by Crippen LogP contribution is 2.30. The minimum Gasteiger partial charge on any atom is -0.449 e. The molecule has 1 aromatic carbocycles. The van der Waals surface area contributed by atoms with E-state index in [1.807, 2.05) is 13.8 Å². The fraction of sp³-hybridized carbons (Fsp3) is 0.600. The van der Waals surface area contributed by atoms with Gasteiger partial charge in [-0.3, -0.25) is 9.69 Å². The number of hydrogen-bond donors (Lipinski definition) is 1. The number of nitrogens with two attached hydrogens (primary N) is 1. The van der Waals surface area contributed by atoms with Crippen LogP contribution in [-0.2, 0) is 26.0 Å². The maximum atomic E-state index is 12.9. The fourth-order valence-electron chi connectivity index (χ4n) is 3.73. The average molecular weight is 439 g/mol. The lowest BCUT2D eigenvalue weighted by Crippen LogP contribution is -2.41. The predicted octanol–water partition coefficient (Wildman–Crippen LogP) is 1.02. The first-order chi connectivity index (χ1) is 14.1. The Morgan fingerprint density at radius 2 is 1.90 bits per heavy atom. The molecular formula is C20H30N4O5S. The van der Waals surface area contributed by atoms with Crippen molar-refractivity contribution in [1.29, 1.82) is 0 Å². The molecule has 1 fully saturated rings. The number of nitrogens with zero attached hydrogens (tertiary/aromatic N) is 3. The van der Waals surface area contributed by atoms with Crippen molar-refractivity contribution in [3.8, 4) is 0 Å². The molecule has 0 atom stereocenters. The van der Waals surface area contributed by atoms with Crippen molar-refractivity contribution in [3.63, 3.8) is 0 Å². The van der Waals surface area contributed by atoms with E-state index in [9.17, 15) is 18.0 Å². The smallest absolute Gasteiger partial charge is 0.409 e. The number of hydrogen-bond acceptors (Lipinski definition) is 6. The predicted molar refractivity (Wildman–Crippen MR) is 113 cm³/mol. The molecule has 166 valence electrons. The van der Waals surface area contributed by atoms with Gasteiger partial charge in [0.15, 0.2) is 0 Å². The Morgan fingerprint density at radius 3 is 2.60 bits per heavy atom. The zero-order valence-corrected chi connectivity index (χ0v) is 18.4. The molecule has 2 aliphatic rings. The van der Waals surface area contributed by atoms with E-state index in [2.05, 4.69) is 4.90 Å². The molecule has 2 N–H and O–H groups in total. The summed E-state index contributed by atoms with van der Waals surface area (Å²) in [6.07, 6.45) is 1.08. The van der Waals surface area contributed by atoms with Crippen LogP contribution in [0.1, 0.15) is 25.8 Å². The molecular weight excluding hydrogens is 408 g/mol. The Labute approximate surface area is 177 Å². The quantitative estimate of drug-likeness (QED) is 0.734. The third-order valence-corrected chi connectivity index (χ3v) is 6.23. The van der Waals surface area contributed by atoms with E-state index in [1.54, 1.807) is 21.9 Å². The number of sulfonamides is 1. The van der Waals surface area contributed by atoms with Gasteiger partial charge in [0, 0.05) is 38.4 Å². The third-order valence-electron chi connectivity index (χ3n) is 5.32. The molecule has 0 bridgehead atoms. The van der Waals surface area contributed by atoms with Crippen LogP contribution in [0.4, 0.5) is 10.5 Å². The topological polar surface area (TPSA) is 113 Å². The molecule has 0 radical (unpaired) electrons. The first-order valence-electron chi connectivity index (χ1n) is 10.3. The maximum absolute atomic E-state index is 12.9. The lowest BCUT2D eigenvalue weighted by Gasteiger charge is -2.24. The number of carbonyl (C=O) groups is 2. The number of fused-ring (bicyclic) bond motifs is 1. The van der Waals surface area contributed by atoms with Crippen molar-refractivity contribution >= 4 is 27.7 Å². The lowest BCUT2D eigenvalue weighted by molar-refractivity contribution is -0.119. The van der Waals surface area contributed by atoms with Crippen molar-refractivity contribution in [2.45, 2.75) is 31.6 Å². The van der Waals surface area contributed by atoms with E-state index in [0.29, 0.717) is 45.1 Å². The number of ether oxygens (including phenoxy) is 1. The van der Waals surface area contributed by atoms with Gasteiger partial charge < -0.3 is 14.5 Å². The van der Waals surface area contributed by atoms with Gasteiger partial charge >= 0.3 is 6.09 Å². The zero-order valence-electron chi connectivity index (χ0n) is 17.5. The zero-order chi connectivity index (χ0) is 21.9. The molecule has 0 aromatic heterocycles. The highest BCUT2D eigenvalue weighted by molar-refractivity contribution is 7.89. The molecule has 2 amide bonds. The first-order valence-corrected chi connectivity index (χ1v) is 11.8. The van der Waals surface area contributed by atoms with Crippen LogP contribution < -0.4 is 10.0 Å². The number of benzene rings is 1. The van der Waals surface area contributed by atoms with Gasteiger partial charge in [-0.1, -0.05) is 13.8 Å². The molecule has 2 heterocycles. The highest BCUT2D eigenvalue weighted by atomic mass is 32.2. The summed E-state index contributed by atoms with van der Waals surface area (Å²) >= 11 is 0. The molecule has 1 saturated heterocycles. The third kappa shape index (κ3) is 5.50. The van der Waals surface area contributed by atoms with E-state index in [1.165, 1.54) is 6.07 Å². The van der Waals surface area contributed by atoms with Crippen molar-refractivity contribution in [2.75, 3.05) is 50.8 Å². The van der Waals surface area contributed by atoms with Crippen LogP contribution in [0.2, 0.25) is 0 Å². The van der Waals surface area contributed by atoms with Crippen LogP contribution in [0.5, 0.6) is 0 Å². The van der Waals surface area contributed by atoms with E-state index in [0.717, 1.165) is 24.2 Å². The lowest BCUT2D eigenvalue weighted by atomic mass is 10.2. The summed E-state index contributed by atoms with van der Waals surface area (Å²) in [5.74, 6) is 0.257. The summed E-state index contributed by atoms with van der Waals surface area (Å²) in [4.78, 5) is 30.6. The maximum Gasteiger partial charge on any atom is 0.409 e. The molecule has 0 spiro atoms. The molecule has 30 heavy (non-hydrogen) atoms. The average Bonchev–Trinajstić information content (AvgIpc) is 2.97. The Morgan fingerprint density at radius 1 is 1.13 bits per heavy atom. The van der Waals surface area contributed by atoms with Crippen molar-refractivity contribution < 1.29 is 22.7 Å². The summed E-state index contributed by atoms with van der Waals surface area (Å²) in [6, 6.07) is 4.63. The number of carbonyl (C=O) groups excluding carboxylic acids is 2. The Bertz CT molecular complexity index is 902. The Hall–Kier alpha value is -2.17. The van der Waals surface area contributed by atoms with Crippen molar-refractivity contribution in [3.05, 3.63) is 23.8 Å². The monoisotopic (exact) mass is 438 g/mol. The van der Waals surface area contributed by atoms with Crippen LogP contribution in [0, 0.1) is 5.92 Å². The van der Waals surface area contributed by atoms with E-state index in [-0.39, 0.29) is 23.4 Å². The number of anilines is 1. The van der Waals surface area contributed by atoms with Crippen LogP contribution in [0.15, 0.2) is 23.1 Å². The van der Waals surface area contributed by atoms with Crippen LogP contribution in [-0.4, -0.2) is 76.1 Å². The van der Waals surface area contributed by atoms with Crippen LogP contribution >= 0.6 is 0 Å². The number of amides is 2. The second-order valence-corrected chi connectivity index (χ2v) is 9.78. The SMILES string of the molecule is CC(C)COC(=O)N1CCCN(CC(=O)N2CCc3cc(S(N)(=O)=O)ccc32)CC1. The van der Waals surface area contributed by atoms with Gasteiger partial charge in [0.2, 0.25) is 15.9 Å². The molecule has 0 saturated carbocycles. The molecule has 9 nitrogen and oxygen atoms in total. The molecule has 0 unspecified atom stereocenters. The van der Waals surface area contributed by atoms with Gasteiger partial charge in [-0.15, -0.1) is 0 Å².